The summed E-state index contributed by atoms with van der Waals surface area (Å²) in [4.78, 5) is 0. The van der Waals surface area contributed by atoms with Gasteiger partial charge in [0, 0.05) is 34.8 Å². The second-order valence-corrected chi connectivity index (χ2v) is 7.27. The van der Waals surface area contributed by atoms with Crippen LogP contribution in [0.3, 0.4) is 0 Å². The highest BCUT2D eigenvalue weighted by molar-refractivity contribution is 6.31. The Balaban J connectivity index is 1.65. The fraction of sp³-hybridized carbons (Fsp3) is 0.217. The van der Waals surface area contributed by atoms with Gasteiger partial charge in [0.25, 0.3) is 0 Å². The molecule has 4 nitrogen and oxygen atoms in total. The average molecular weight is 432 g/mol. The molecule has 0 heterocycles. The van der Waals surface area contributed by atoms with E-state index in [1.165, 1.54) is 0 Å². The molecular weight excluding hydrogens is 409 g/mol. The van der Waals surface area contributed by atoms with E-state index in [2.05, 4.69) is 5.32 Å². The summed E-state index contributed by atoms with van der Waals surface area (Å²) >= 11 is 12.4. The molecule has 6 heteroatoms. The molecule has 0 aliphatic rings. The van der Waals surface area contributed by atoms with Crippen molar-refractivity contribution in [3.63, 3.8) is 0 Å². The number of halogens is 2. The molecule has 0 aliphatic heterocycles. The van der Waals surface area contributed by atoms with Gasteiger partial charge in [-0.1, -0.05) is 53.5 Å². The molecule has 152 valence electrons. The number of rotatable bonds is 9. The summed E-state index contributed by atoms with van der Waals surface area (Å²) in [5, 5.41) is 4.70. The lowest BCUT2D eigenvalue weighted by atomic mass is 10.1. The largest absolute Gasteiger partial charge is 0.496 e. The number of hydrogen-bond acceptors (Lipinski definition) is 4. The Morgan fingerprint density at radius 1 is 0.759 bits per heavy atom. The molecule has 0 saturated heterocycles. The van der Waals surface area contributed by atoms with E-state index in [9.17, 15) is 0 Å². The third-order valence-electron chi connectivity index (χ3n) is 4.46. The molecule has 29 heavy (non-hydrogen) atoms. The van der Waals surface area contributed by atoms with E-state index >= 15 is 0 Å². The van der Waals surface area contributed by atoms with Crippen molar-refractivity contribution >= 4 is 23.2 Å². The number of hydrogen-bond donors (Lipinski definition) is 1. The first-order valence-electron chi connectivity index (χ1n) is 9.17. The van der Waals surface area contributed by atoms with Crippen LogP contribution in [0, 0.1) is 0 Å². The van der Waals surface area contributed by atoms with E-state index in [-0.39, 0.29) is 0 Å². The number of benzene rings is 3. The predicted octanol–water partition coefficient (Wildman–Crippen LogP) is 5.88. The van der Waals surface area contributed by atoms with Gasteiger partial charge in [0.15, 0.2) is 11.5 Å². The first-order chi connectivity index (χ1) is 14.1. The van der Waals surface area contributed by atoms with E-state index < -0.39 is 0 Å². The molecule has 0 aromatic heterocycles. The molecule has 0 atom stereocenters. The highest BCUT2D eigenvalue weighted by atomic mass is 35.5. The fourth-order valence-corrected chi connectivity index (χ4v) is 3.25. The van der Waals surface area contributed by atoms with Crippen molar-refractivity contribution in [2.45, 2.75) is 19.7 Å². The Labute approximate surface area is 181 Å². The van der Waals surface area contributed by atoms with Crippen LogP contribution in [0.15, 0.2) is 60.7 Å². The van der Waals surface area contributed by atoms with Gasteiger partial charge in [0.2, 0.25) is 0 Å². The van der Waals surface area contributed by atoms with E-state index in [1.807, 2.05) is 54.6 Å². The summed E-state index contributed by atoms with van der Waals surface area (Å²) in [5.74, 6) is 2.09. The summed E-state index contributed by atoms with van der Waals surface area (Å²) < 4.78 is 16.8. The lowest BCUT2D eigenvalue weighted by Crippen LogP contribution is -2.14. The highest BCUT2D eigenvalue weighted by Crippen LogP contribution is 2.34. The van der Waals surface area contributed by atoms with Gasteiger partial charge in [-0.25, -0.2) is 0 Å². The van der Waals surface area contributed by atoms with E-state index in [1.54, 1.807) is 20.3 Å². The Kier molecular flexibility index (Phi) is 7.64. The van der Waals surface area contributed by atoms with Gasteiger partial charge in [-0.2, -0.15) is 0 Å². The normalized spacial score (nSPS) is 10.6. The molecule has 0 fully saturated rings. The summed E-state index contributed by atoms with van der Waals surface area (Å²) in [6, 6.07) is 19.1. The van der Waals surface area contributed by atoms with Crippen molar-refractivity contribution in [2.24, 2.45) is 0 Å². The van der Waals surface area contributed by atoms with Crippen LogP contribution in [0.1, 0.15) is 16.7 Å². The second kappa shape index (κ2) is 10.4. The smallest absolute Gasteiger partial charge is 0.163 e. The first-order valence-corrected chi connectivity index (χ1v) is 9.92. The summed E-state index contributed by atoms with van der Waals surface area (Å²) in [6.07, 6.45) is 0. The molecule has 0 amide bonds. The van der Waals surface area contributed by atoms with Gasteiger partial charge >= 0.3 is 0 Å². The Morgan fingerprint density at radius 3 is 2.17 bits per heavy atom. The third-order valence-corrected chi connectivity index (χ3v) is 5.07. The number of nitrogens with one attached hydrogen (secondary N) is 1. The predicted molar refractivity (Wildman–Crippen MR) is 117 cm³/mol. The van der Waals surface area contributed by atoms with Gasteiger partial charge in [0.1, 0.15) is 12.4 Å². The fourth-order valence-electron chi connectivity index (χ4n) is 2.91. The van der Waals surface area contributed by atoms with Gasteiger partial charge in [-0.15, -0.1) is 0 Å². The van der Waals surface area contributed by atoms with E-state index in [4.69, 9.17) is 37.4 Å². The molecule has 3 aromatic rings. The highest BCUT2D eigenvalue weighted by Gasteiger charge is 2.11. The van der Waals surface area contributed by atoms with Crippen LogP contribution in [0.2, 0.25) is 10.0 Å². The quantitative estimate of drug-likeness (QED) is 0.459. The Hall–Kier alpha value is -2.40. The van der Waals surface area contributed by atoms with Crippen LogP contribution in [-0.2, 0) is 19.7 Å². The molecule has 0 aliphatic carbocycles. The van der Waals surface area contributed by atoms with Crippen molar-refractivity contribution in [3.05, 3.63) is 87.4 Å². The zero-order valence-electron chi connectivity index (χ0n) is 16.4. The molecule has 0 unspecified atom stereocenters. The summed E-state index contributed by atoms with van der Waals surface area (Å²) in [7, 11) is 3.29. The molecule has 3 aromatic carbocycles. The monoisotopic (exact) mass is 431 g/mol. The lowest BCUT2D eigenvalue weighted by molar-refractivity contribution is 0.284. The van der Waals surface area contributed by atoms with Crippen LogP contribution < -0.4 is 19.5 Å². The van der Waals surface area contributed by atoms with Crippen LogP contribution >= 0.6 is 23.2 Å². The van der Waals surface area contributed by atoms with Crippen LogP contribution in [0.25, 0.3) is 0 Å². The first kappa shape index (κ1) is 21.3. The molecule has 0 spiro atoms. The minimum atomic E-state index is 0.398. The Morgan fingerprint density at radius 2 is 1.45 bits per heavy atom. The number of methoxy groups -OCH3 is 2. The Bertz CT molecular complexity index is 945. The van der Waals surface area contributed by atoms with Gasteiger partial charge in [-0.05, 0) is 35.4 Å². The van der Waals surface area contributed by atoms with E-state index in [0.717, 1.165) is 22.4 Å². The van der Waals surface area contributed by atoms with Crippen LogP contribution in [0.5, 0.6) is 17.2 Å². The van der Waals surface area contributed by atoms with E-state index in [0.29, 0.717) is 41.2 Å². The van der Waals surface area contributed by atoms with Crippen molar-refractivity contribution in [1.82, 2.24) is 5.32 Å². The maximum Gasteiger partial charge on any atom is 0.163 e. The van der Waals surface area contributed by atoms with Crippen LogP contribution in [-0.4, -0.2) is 14.2 Å². The minimum absolute atomic E-state index is 0.398. The number of para-hydroxylation sites is 1. The van der Waals surface area contributed by atoms with Gasteiger partial charge < -0.3 is 19.5 Å². The average Bonchev–Trinajstić information content (AvgIpc) is 2.75. The minimum Gasteiger partial charge on any atom is -0.496 e. The maximum atomic E-state index is 6.48. The van der Waals surface area contributed by atoms with Crippen molar-refractivity contribution in [2.75, 3.05) is 14.2 Å². The zero-order valence-corrected chi connectivity index (χ0v) is 17.9. The molecule has 0 saturated carbocycles. The summed E-state index contributed by atoms with van der Waals surface area (Å²) in [6.45, 7) is 1.65. The molecule has 3 rings (SSSR count). The van der Waals surface area contributed by atoms with Crippen molar-refractivity contribution in [3.8, 4) is 17.2 Å². The molecule has 0 radical (unpaired) electrons. The maximum absolute atomic E-state index is 6.48. The SMILES string of the molecule is COc1ccccc1CNCc1cc(OC)c(OCc2ccc(Cl)cc2)cc1Cl. The molecule has 0 bridgehead atoms. The van der Waals surface area contributed by atoms with Crippen LogP contribution in [0.4, 0.5) is 0 Å². The van der Waals surface area contributed by atoms with Crippen molar-refractivity contribution < 1.29 is 14.2 Å². The topological polar surface area (TPSA) is 39.7 Å². The molecular formula is C23H23Cl2NO3. The lowest BCUT2D eigenvalue weighted by Gasteiger charge is -2.15. The summed E-state index contributed by atoms with van der Waals surface area (Å²) in [5.41, 5.74) is 3.02. The van der Waals surface area contributed by atoms with Gasteiger partial charge in [-0.3, -0.25) is 0 Å². The second-order valence-electron chi connectivity index (χ2n) is 6.43. The standard InChI is InChI=1S/C23H23Cl2NO3/c1-27-21-6-4-3-5-17(21)13-26-14-18-11-22(28-2)23(12-20(18)25)29-15-16-7-9-19(24)10-8-16/h3-12,26H,13-15H2,1-2H3. The number of ether oxygens (including phenoxy) is 3. The van der Waals surface area contributed by atoms with Gasteiger partial charge in [0.05, 0.1) is 14.2 Å². The zero-order chi connectivity index (χ0) is 20.6. The molecule has 1 N–H and O–H groups in total. The third kappa shape index (κ3) is 5.80. The van der Waals surface area contributed by atoms with Crippen molar-refractivity contribution in [1.29, 1.82) is 0 Å².